The molecule has 1 aromatic carbocycles. The third-order valence-electron chi connectivity index (χ3n) is 1.79. The average molecular weight is 218 g/mol. The summed E-state index contributed by atoms with van der Waals surface area (Å²) in [5.74, 6) is -1.78. The first-order chi connectivity index (χ1) is 7.04. The minimum Gasteiger partial charge on any atom is -0.432 e. The van der Waals surface area contributed by atoms with Crippen LogP contribution in [0.5, 0.6) is 5.75 Å². The van der Waals surface area contributed by atoms with E-state index in [9.17, 15) is 18.0 Å². The molecule has 82 valence electrons. The number of rotatable bonds is 4. The van der Waals surface area contributed by atoms with Crippen molar-refractivity contribution in [1.29, 1.82) is 0 Å². The van der Waals surface area contributed by atoms with Crippen LogP contribution in [0.2, 0.25) is 0 Å². The SMILES string of the molecule is CCC(=O)c1ccc(F)c(OC(F)F)c1. The maximum Gasteiger partial charge on any atom is 0.387 e. The molecule has 0 bridgehead atoms. The Morgan fingerprint density at radius 2 is 2.13 bits per heavy atom. The number of ketones is 1. The summed E-state index contributed by atoms with van der Waals surface area (Å²) < 4.78 is 40.5. The van der Waals surface area contributed by atoms with E-state index in [1.807, 2.05) is 0 Å². The molecule has 0 saturated heterocycles. The van der Waals surface area contributed by atoms with E-state index in [4.69, 9.17) is 0 Å². The number of hydrogen-bond donors (Lipinski definition) is 0. The van der Waals surface area contributed by atoms with E-state index in [0.29, 0.717) is 0 Å². The zero-order chi connectivity index (χ0) is 11.4. The third kappa shape index (κ3) is 2.97. The lowest BCUT2D eigenvalue weighted by Gasteiger charge is -2.06. The molecule has 0 fully saturated rings. The first-order valence-electron chi connectivity index (χ1n) is 4.32. The van der Waals surface area contributed by atoms with Crippen molar-refractivity contribution in [2.75, 3.05) is 0 Å². The molecule has 0 aliphatic rings. The van der Waals surface area contributed by atoms with Gasteiger partial charge in [0.1, 0.15) is 0 Å². The van der Waals surface area contributed by atoms with Crippen LogP contribution in [0.15, 0.2) is 18.2 Å². The van der Waals surface area contributed by atoms with Gasteiger partial charge in [-0.1, -0.05) is 6.92 Å². The highest BCUT2D eigenvalue weighted by Crippen LogP contribution is 2.21. The van der Waals surface area contributed by atoms with Crippen molar-refractivity contribution in [3.63, 3.8) is 0 Å². The Balaban J connectivity index is 2.99. The quantitative estimate of drug-likeness (QED) is 0.726. The first kappa shape index (κ1) is 11.6. The zero-order valence-electron chi connectivity index (χ0n) is 7.97. The Bertz CT molecular complexity index is 364. The summed E-state index contributed by atoms with van der Waals surface area (Å²) in [5, 5.41) is 0. The molecule has 0 aliphatic heterocycles. The predicted octanol–water partition coefficient (Wildman–Crippen LogP) is 3.02. The van der Waals surface area contributed by atoms with E-state index < -0.39 is 18.2 Å². The molecule has 0 spiro atoms. The molecule has 0 atom stereocenters. The molecule has 2 nitrogen and oxygen atoms in total. The van der Waals surface area contributed by atoms with Gasteiger partial charge in [-0.05, 0) is 18.2 Å². The summed E-state index contributed by atoms with van der Waals surface area (Å²) in [6.07, 6.45) is 0.222. The van der Waals surface area contributed by atoms with Crippen LogP contribution in [0.25, 0.3) is 0 Å². The van der Waals surface area contributed by atoms with Crippen LogP contribution in [0.3, 0.4) is 0 Å². The molecule has 0 N–H and O–H groups in total. The normalized spacial score (nSPS) is 10.5. The second-order valence-corrected chi connectivity index (χ2v) is 2.80. The van der Waals surface area contributed by atoms with E-state index in [2.05, 4.69) is 4.74 Å². The van der Waals surface area contributed by atoms with Gasteiger partial charge in [0.15, 0.2) is 17.3 Å². The first-order valence-corrected chi connectivity index (χ1v) is 4.32. The summed E-state index contributed by atoms with van der Waals surface area (Å²) in [5.41, 5.74) is 0.162. The molecule has 5 heteroatoms. The number of Topliss-reactive ketones (excluding diaryl/α,β-unsaturated/α-hetero) is 1. The van der Waals surface area contributed by atoms with Crippen molar-refractivity contribution < 1.29 is 22.7 Å². The minimum absolute atomic E-state index is 0.162. The van der Waals surface area contributed by atoms with Crippen LogP contribution >= 0.6 is 0 Å². The van der Waals surface area contributed by atoms with Gasteiger partial charge in [0.05, 0.1) is 0 Å². The van der Waals surface area contributed by atoms with Gasteiger partial charge in [0.25, 0.3) is 0 Å². The topological polar surface area (TPSA) is 26.3 Å². The van der Waals surface area contributed by atoms with Gasteiger partial charge in [-0.3, -0.25) is 4.79 Å². The van der Waals surface area contributed by atoms with Crippen LogP contribution in [-0.4, -0.2) is 12.4 Å². The highest BCUT2D eigenvalue weighted by molar-refractivity contribution is 5.96. The zero-order valence-corrected chi connectivity index (χ0v) is 7.97. The van der Waals surface area contributed by atoms with Gasteiger partial charge < -0.3 is 4.74 Å². The molecule has 0 aliphatic carbocycles. The van der Waals surface area contributed by atoms with Gasteiger partial charge >= 0.3 is 6.61 Å². The van der Waals surface area contributed by atoms with E-state index >= 15 is 0 Å². The maximum atomic E-state index is 12.9. The van der Waals surface area contributed by atoms with Gasteiger partial charge in [0.2, 0.25) is 0 Å². The molecule has 0 amide bonds. The van der Waals surface area contributed by atoms with Crippen LogP contribution in [0, 0.1) is 5.82 Å². The van der Waals surface area contributed by atoms with E-state index in [1.165, 1.54) is 6.07 Å². The molecule has 0 heterocycles. The summed E-state index contributed by atoms with van der Waals surface area (Å²) in [7, 11) is 0. The third-order valence-corrected chi connectivity index (χ3v) is 1.79. The molecule has 0 aromatic heterocycles. The standard InChI is InChI=1S/C10H9F3O2/c1-2-8(14)6-3-4-7(11)9(5-6)15-10(12)13/h3-5,10H,2H2,1H3. The number of benzene rings is 1. The van der Waals surface area contributed by atoms with Crippen molar-refractivity contribution in [3.8, 4) is 5.75 Å². The summed E-state index contributed by atoms with van der Waals surface area (Å²) >= 11 is 0. The maximum absolute atomic E-state index is 12.9. The number of ether oxygens (including phenoxy) is 1. The lowest BCUT2D eigenvalue weighted by atomic mass is 10.1. The van der Waals surface area contributed by atoms with Gasteiger partial charge in [-0.2, -0.15) is 8.78 Å². The molecular weight excluding hydrogens is 209 g/mol. The average Bonchev–Trinajstić information content (AvgIpc) is 2.19. The smallest absolute Gasteiger partial charge is 0.387 e. The molecule has 15 heavy (non-hydrogen) atoms. The van der Waals surface area contributed by atoms with Crippen molar-refractivity contribution in [2.24, 2.45) is 0 Å². The molecule has 0 radical (unpaired) electrons. The lowest BCUT2D eigenvalue weighted by Crippen LogP contribution is -2.05. The Morgan fingerprint density at radius 3 is 2.67 bits per heavy atom. The Hall–Kier alpha value is -1.52. The molecule has 0 saturated carbocycles. The van der Waals surface area contributed by atoms with Crippen LogP contribution in [-0.2, 0) is 0 Å². The molecule has 1 aromatic rings. The van der Waals surface area contributed by atoms with Crippen LogP contribution in [0.1, 0.15) is 23.7 Å². The molecule has 0 unspecified atom stereocenters. The largest absolute Gasteiger partial charge is 0.432 e. The van der Waals surface area contributed by atoms with Crippen molar-refractivity contribution >= 4 is 5.78 Å². The molecular formula is C10H9F3O2. The Kier molecular flexibility index (Phi) is 3.71. The number of hydrogen-bond acceptors (Lipinski definition) is 2. The fourth-order valence-corrected chi connectivity index (χ4v) is 1.07. The summed E-state index contributed by atoms with van der Waals surface area (Å²) in [6, 6.07) is 3.15. The Morgan fingerprint density at radius 1 is 1.47 bits per heavy atom. The van der Waals surface area contributed by atoms with Gasteiger partial charge in [-0.25, -0.2) is 4.39 Å². The fraction of sp³-hybridized carbons (Fsp3) is 0.300. The van der Waals surface area contributed by atoms with Crippen molar-refractivity contribution in [3.05, 3.63) is 29.6 Å². The Labute approximate surface area is 84.7 Å². The van der Waals surface area contributed by atoms with Crippen LogP contribution < -0.4 is 4.74 Å². The van der Waals surface area contributed by atoms with Crippen molar-refractivity contribution in [2.45, 2.75) is 20.0 Å². The molecule has 1 rings (SSSR count). The van der Waals surface area contributed by atoms with Crippen LogP contribution in [0.4, 0.5) is 13.2 Å². The van der Waals surface area contributed by atoms with Gasteiger partial charge in [0, 0.05) is 12.0 Å². The lowest BCUT2D eigenvalue weighted by molar-refractivity contribution is -0.0522. The second-order valence-electron chi connectivity index (χ2n) is 2.80. The predicted molar refractivity (Wildman–Crippen MR) is 47.7 cm³/mol. The fourth-order valence-electron chi connectivity index (χ4n) is 1.07. The summed E-state index contributed by atoms with van der Waals surface area (Å²) in [6.45, 7) is -1.48. The monoisotopic (exact) mass is 218 g/mol. The summed E-state index contributed by atoms with van der Waals surface area (Å²) in [4.78, 5) is 11.2. The number of alkyl halides is 2. The van der Waals surface area contributed by atoms with E-state index in [-0.39, 0.29) is 17.8 Å². The van der Waals surface area contributed by atoms with Crippen molar-refractivity contribution in [1.82, 2.24) is 0 Å². The number of halogens is 3. The number of carbonyl (C=O) groups excluding carboxylic acids is 1. The van der Waals surface area contributed by atoms with Gasteiger partial charge in [-0.15, -0.1) is 0 Å². The highest BCUT2D eigenvalue weighted by atomic mass is 19.3. The second kappa shape index (κ2) is 4.82. The minimum atomic E-state index is -3.11. The highest BCUT2D eigenvalue weighted by Gasteiger charge is 2.12. The van der Waals surface area contributed by atoms with E-state index in [1.54, 1.807) is 6.92 Å². The number of carbonyl (C=O) groups is 1. The van der Waals surface area contributed by atoms with E-state index in [0.717, 1.165) is 12.1 Å².